The lowest BCUT2D eigenvalue weighted by molar-refractivity contribution is 0.659. The summed E-state index contributed by atoms with van der Waals surface area (Å²) in [6, 6.07) is 46.1. The molecule has 3 N–H and O–H groups in total. The van der Waals surface area contributed by atoms with Crippen LogP contribution < -0.4 is 11.1 Å². The van der Waals surface area contributed by atoms with Gasteiger partial charge in [0.25, 0.3) is 0 Å². The summed E-state index contributed by atoms with van der Waals surface area (Å²) >= 11 is 1.86. The van der Waals surface area contributed by atoms with Crippen LogP contribution in [0.1, 0.15) is 47.8 Å². The molecule has 7 aromatic rings. The molecule has 3 heteroatoms. The van der Waals surface area contributed by atoms with Crippen molar-refractivity contribution in [2.75, 3.05) is 0 Å². The van der Waals surface area contributed by atoms with Gasteiger partial charge in [0.2, 0.25) is 0 Å². The summed E-state index contributed by atoms with van der Waals surface area (Å²) < 4.78 is 2.66. The second-order valence-electron chi connectivity index (χ2n) is 12.4. The highest BCUT2D eigenvalue weighted by Gasteiger charge is 2.37. The zero-order valence-corrected chi connectivity index (χ0v) is 25.8. The zero-order chi connectivity index (χ0) is 29.8. The van der Waals surface area contributed by atoms with Crippen LogP contribution >= 0.6 is 11.3 Å². The summed E-state index contributed by atoms with van der Waals surface area (Å²) in [7, 11) is 0. The lowest BCUT2D eigenvalue weighted by atomic mass is 9.81. The molecule has 2 nitrogen and oxygen atoms in total. The third kappa shape index (κ3) is 4.43. The summed E-state index contributed by atoms with van der Waals surface area (Å²) in [6.45, 7) is 4.70. The van der Waals surface area contributed by atoms with Gasteiger partial charge in [0.1, 0.15) is 6.17 Å². The van der Waals surface area contributed by atoms with Gasteiger partial charge in [0, 0.05) is 36.8 Å². The molecule has 1 aliphatic carbocycles. The molecule has 1 aromatic heterocycles. The highest BCUT2D eigenvalue weighted by atomic mass is 32.1. The van der Waals surface area contributed by atoms with Gasteiger partial charge in [-0.15, -0.1) is 11.3 Å². The van der Waals surface area contributed by atoms with Crippen molar-refractivity contribution < 1.29 is 0 Å². The van der Waals surface area contributed by atoms with E-state index in [1.54, 1.807) is 0 Å². The number of hydrogen-bond acceptors (Lipinski definition) is 3. The maximum atomic E-state index is 6.84. The molecule has 0 spiro atoms. The number of fused-ring (bicyclic) bond motifs is 7. The van der Waals surface area contributed by atoms with E-state index in [4.69, 9.17) is 5.73 Å². The monoisotopic (exact) mass is 586 g/mol. The average Bonchev–Trinajstić information content (AvgIpc) is 3.54. The molecule has 1 atom stereocenters. The third-order valence-corrected chi connectivity index (χ3v) is 10.5. The first-order valence-corrected chi connectivity index (χ1v) is 16.1. The largest absolute Gasteiger partial charge is 0.366 e. The summed E-state index contributed by atoms with van der Waals surface area (Å²) in [6.07, 6.45) is 2.79. The number of nitrogens with two attached hydrogens (primary N) is 1. The lowest BCUT2D eigenvalue weighted by Crippen LogP contribution is -2.28. The first-order valence-electron chi connectivity index (χ1n) is 15.3. The maximum Gasteiger partial charge on any atom is 0.101 e. The van der Waals surface area contributed by atoms with Gasteiger partial charge < -0.3 is 11.1 Å². The Labute approximate surface area is 262 Å². The fourth-order valence-electron chi connectivity index (χ4n) is 6.98. The van der Waals surface area contributed by atoms with Crippen molar-refractivity contribution in [3.63, 3.8) is 0 Å². The van der Waals surface area contributed by atoms with E-state index < -0.39 is 0 Å². The van der Waals surface area contributed by atoms with Gasteiger partial charge in [-0.05, 0) is 80.9 Å². The van der Waals surface area contributed by atoms with Crippen molar-refractivity contribution in [1.82, 2.24) is 5.32 Å². The molecular formula is C41H34N2S. The highest BCUT2D eigenvalue weighted by Crippen LogP contribution is 2.52. The molecule has 0 saturated heterocycles. The Kier molecular flexibility index (Phi) is 6.41. The van der Waals surface area contributed by atoms with Crippen LogP contribution in [0.4, 0.5) is 0 Å². The first-order chi connectivity index (χ1) is 21.5. The summed E-state index contributed by atoms with van der Waals surface area (Å²) in [5, 5.41) is 8.95. The van der Waals surface area contributed by atoms with Crippen molar-refractivity contribution in [3.05, 3.63) is 161 Å². The van der Waals surface area contributed by atoms with E-state index in [-0.39, 0.29) is 11.6 Å². The van der Waals surface area contributed by atoms with Gasteiger partial charge in [-0.25, -0.2) is 0 Å². The molecule has 0 fully saturated rings. The number of thiophene rings is 1. The Hall–Kier alpha value is -4.70. The number of nitrogens with one attached hydrogen (secondary N) is 1. The van der Waals surface area contributed by atoms with Crippen LogP contribution in [-0.2, 0) is 11.8 Å². The first kappa shape index (κ1) is 26.9. The quantitative estimate of drug-likeness (QED) is 0.190. The smallest absolute Gasteiger partial charge is 0.101 e. The lowest BCUT2D eigenvalue weighted by Gasteiger charge is -2.23. The molecular weight excluding hydrogens is 553 g/mol. The minimum atomic E-state index is -0.341. The van der Waals surface area contributed by atoms with Crippen LogP contribution in [0.15, 0.2) is 133 Å². The van der Waals surface area contributed by atoms with Gasteiger partial charge in [0.05, 0.1) is 0 Å². The highest BCUT2D eigenvalue weighted by molar-refractivity contribution is 7.25. The molecule has 214 valence electrons. The minimum absolute atomic E-state index is 0.109. The summed E-state index contributed by atoms with van der Waals surface area (Å²) in [5.41, 5.74) is 16.7. The molecule has 0 bridgehead atoms. The standard InChI is InChI=1S/C41H34N2S/c1-41(2)34-17-10-16-31(39(34)33-24-28-13-6-7-14-29(28)25-35(33)41)36(43-40(42)27-11-4-3-5-12-27)21-19-26-20-22-38-32(23-26)30-15-8-9-18-37(30)44-38/h3-18,20-25,40,43H,19,42H2,1-2H3/b36-21-. The SMILES string of the molecule is CC1(C)c2cc3ccccc3cc2-c2c(/C(=C/Cc3ccc4sc5ccccc5c4c3)NC(N)c3ccccc3)cccc21. The van der Waals surface area contributed by atoms with Crippen molar-refractivity contribution in [1.29, 1.82) is 0 Å². The summed E-state index contributed by atoms with van der Waals surface area (Å²) in [5.74, 6) is 0. The van der Waals surface area contributed by atoms with E-state index in [2.05, 4.69) is 134 Å². The van der Waals surface area contributed by atoms with Gasteiger partial charge in [-0.3, -0.25) is 0 Å². The normalized spacial score (nSPS) is 14.6. The van der Waals surface area contributed by atoms with Crippen LogP contribution in [0.2, 0.25) is 0 Å². The van der Waals surface area contributed by atoms with E-state index in [0.717, 1.165) is 17.7 Å². The van der Waals surface area contributed by atoms with Crippen LogP contribution in [0.3, 0.4) is 0 Å². The average molecular weight is 587 g/mol. The van der Waals surface area contributed by atoms with Crippen LogP contribution in [0.5, 0.6) is 0 Å². The fraction of sp³-hybridized carbons (Fsp3) is 0.122. The van der Waals surface area contributed by atoms with Crippen molar-refractivity contribution in [2.45, 2.75) is 31.8 Å². The maximum absolute atomic E-state index is 6.84. The van der Waals surface area contributed by atoms with Gasteiger partial charge in [-0.1, -0.05) is 117 Å². The minimum Gasteiger partial charge on any atom is -0.366 e. The van der Waals surface area contributed by atoms with Gasteiger partial charge in [0.15, 0.2) is 0 Å². The van der Waals surface area contributed by atoms with Gasteiger partial charge in [-0.2, -0.15) is 0 Å². The molecule has 1 unspecified atom stereocenters. The molecule has 8 rings (SSSR count). The Morgan fingerprint density at radius 1 is 0.727 bits per heavy atom. The van der Waals surface area contributed by atoms with E-state index >= 15 is 0 Å². The second kappa shape index (κ2) is 10.5. The van der Waals surface area contributed by atoms with E-state index in [0.29, 0.717) is 0 Å². The molecule has 0 amide bonds. The number of hydrogen-bond donors (Lipinski definition) is 2. The van der Waals surface area contributed by atoms with E-state index in [1.807, 2.05) is 29.5 Å². The number of rotatable bonds is 6. The Morgan fingerprint density at radius 2 is 1.45 bits per heavy atom. The molecule has 1 heterocycles. The molecule has 0 aliphatic heterocycles. The molecule has 0 saturated carbocycles. The predicted octanol–water partition coefficient (Wildman–Crippen LogP) is 10.3. The number of allylic oxidation sites excluding steroid dienone is 1. The Bertz CT molecular complexity index is 2220. The third-order valence-electron chi connectivity index (χ3n) is 9.31. The van der Waals surface area contributed by atoms with Crippen molar-refractivity contribution in [2.24, 2.45) is 5.73 Å². The van der Waals surface area contributed by atoms with Crippen molar-refractivity contribution >= 4 is 48.0 Å². The predicted molar refractivity (Wildman–Crippen MR) is 189 cm³/mol. The number of benzene rings is 6. The van der Waals surface area contributed by atoms with Crippen molar-refractivity contribution in [3.8, 4) is 11.1 Å². The fourth-order valence-corrected chi connectivity index (χ4v) is 8.06. The molecule has 6 aromatic carbocycles. The van der Waals surface area contributed by atoms with Crippen LogP contribution in [-0.4, -0.2) is 0 Å². The Balaban J connectivity index is 1.27. The van der Waals surface area contributed by atoms with Gasteiger partial charge >= 0.3 is 0 Å². The molecule has 1 aliphatic rings. The van der Waals surface area contributed by atoms with Crippen LogP contribution in [0, 0.1) is 0 Å². The molecule has 44 heavy (non-hydrogen) atoms. The van der Waals surface area contributed by atoms with E-state index in [9.17, 15) is 0 Å². The summed E-state index contributed by atoms with van der Waals surface area (Å²) in [4.78, 5) is 0. The molecule has 0 radical (unpaired) electrons. The zero-order valence-electron chi connectivity index (χ0n) is 25.0. The van der Waals surface area contributed by atoms with E-state index in [1.165, 1.54) is 64.3 Å². The Morgan fingerprint density at radius 3 is 2.30 bits per heavy atom. The van der Waals surface area contributed by atoms with Crippen LogP contribution in [0.25, 0.3) is 47.8 Å². The topological polar surface area (TPSA) is 38.0 Å². The second-order valence-corrected chi connectivity index (χ2v) is 13.5.